The smallest absolute Gasteiger partial charge is 0.293 e. The van der Waals surface area contributed by atoms with Gasteiger partial charge < -0.3 is 40.3 Å². The molecule has 0 spiro atoms. The SMILES string of the molecule is CC(C)(C)OC=O.CC(C)(C)OC=O.CC(C)(C)OC=O.CNCC1CC2CCC(C1)N2.O=C1CC2CCC(C1)N2.[C-]#[N+]C1CC2CCC(C1)N2. The predicted octanol–water partition coefficient (Wildman–Crippen LogP) is 5.27. The van der Waals surface area contributed by atoms with Crippen LogP contribution in [0.25, 0.3) is 4.85 Å². The number of carbonyl (C=O) groups excluding carboxylic acids is 4. The van der Waals surface area contributed by atoms with E-state index in [9.17, 15) is 19.2 Å². The van der Waals surface area contributed by atoms with E-state index in [0.29, 0.717) is 55.4 Å². The Hall–Kier alpha value is -2.59. The van der Waals surface area contributed by atoms with Crippen molar-refractivity contribution in [3.8, 4) is 0 Å². The topological polar surface area (TPSA) is 148 Å². The number of ketones is 1. The molecule has 6 saturated heterocycles. The number of hydrogen-bond donors (Lipinski definition) is 4. The van der Waals surface area contributed by atoms with E-state index in [1.807, 2.05) is 62.3 Å². The lowest BCUT2D eigenvalue weighted by molar-refractivity contribution is -0.139. The van der Waals surface area contributed by atoms with Crippen LogP contribution in [0.2, 0.25) is 0 Å². The summed E-state index contributed by atoms with van der Waals surface area (Å²) in [6.45, 7) is 25.9. The van der Waals surface area contributed by atoms with Crippen LogP contribution in [-0.4, -0.2) is 97.9 Å². The highest BCUT2D eigenvalue weighted by Gasteiger charge is 2.36. The molecule has 6 heterocycles. The highest BCUT2D eigenvalue weighted by atomic mass is 16.5. The molecule has 12 nitrogen and oxygen atoms in total. The zero-order chi connectivity index (χ0) is 38.7. The Kier molecular flexibility index (Phi) is 21.1. The van der Waals surface area contributed by atoms with Crippen LogP contribution >= 0.6 is 0 Å². The minimum Gasteiger partial charge on any atom is -0.462 e. The molecule has 0 amide bonds. The summed E-state index contributed by atoms with van der Waals surface area (Å²) in [4.78, 5) is 43.3. The van der Waals surface area contributed by atoms with Crippen molar-refractivity contribution in [3.63, 3.8) is 0 Å². The lowest BCUT2D eigenvalue weighted by atomic mass is 9.92. The first-order valence-corrected chi connectivity index (χ1v) is 18.9. The molecule has 6 aliphatic rings. The van der Waals surface area contributed by atoms with Gasteiger partial charge in [0.1, 0.15) is 22.6 Å². The van der Waals surface area contributed by atoms with E-state index < -0.39 is 0 Å². The molecule has 0 aromatic heterocycles. The van der Waals surface area contributed by atoms with Crippen LogP contribution in [0.15, 0.2) is 0 Å². The largest absolute Gasteiger partial charge is 0.462 e. The number of fused-ring (bicyclic) bond motifs is 6. The van der Waals surface area contributed by atoms with Gasteiger partial charge in [-0.25, -0.2) is 6.57 Å². The maximum absolute atomic E-state index is 10.9. The molecule has 6 bridgehead atoms. The van der Waals surface area contributed by atoms with E-state index >= 15 is 0 Å². The van der Waals surface area contributed by atoms with Crippen LogP contribution in [0, 0.1) is 12.5 Å². The molecule has 0 aromatic carbocycles. The molecule has 0 aliphatic carbocycles. The summed E-state index contributed by atoms with van der Waals surface area (Å²) < 4.78 is 13.6. The summed E-state index contributed by atoms with van der Waals surface area (Å²) in [5.74, 6) is 1.40. The standard InChI is InChI=1S/C9H18N2.C8H12N2.C7H11NO.3C5H10O2/c1-10-6-7-4-8-2-3-9(5-7)11-8;1-9-8-4-6-2-3-7(5-8)10-6;9-7-3-5-1-2-6(4-7)8-5;3*1-5(2,3)7-4-6/h7-11H,2-6H2,1H3;6-8,10H,2-5H2;5-6,8H,1-4H2;3*4H,1-3H3. The van der Waals surface area contributed by atoms with Crippen LogP contribution in [0.1, 0.15) is 139 Å². The lowest BCUT2D eigenvalue weighted by Crippen LogP contribution is -2.40. The predicted molar refractivity (Wildman–Crippen MR) is 201 cm³/mol. The van der Waals surface area contributed by atoms with E-state index in [1.54, 1.807) is 0 Å². The number of rotatable bonds is 5. The summed E-state index contributed by atoms with van der Waals surface area (Å²) in [6.07, 6.45) is 14.5. The van der Waals surface area contributed by atoms with Gasteiger partial charge in [0, 0.05) is 61.9 Å². The first-order valence-electron chi connectivity index (χ1n) is 18.9. The van der Waals surface area contributed by atoms with Gasteiger partial charge in [-0.15, -0.1) is 0 Å². The average Bonchev–Trinajstić information content (AvgIpc) is 3.66. The molecule has 6 aliphatic heterocycles. The van der Waals surface area contributed by atoms with E-state index in [-0.39, 0.29) is 16.8 Å². The zero-order valence-electron chi connectivity index (χ0n) is 33.3. The number of nitrogens with one attached hydrogen (secondary N) is 4. The second-order valence-corrected chi connectivity index (χ2v) is 17.5. The molecule has 12 heteroatoms. The van der Waals surface area contributed by atoms with Gasteiger partial charge in [0.25, 0.3) is 19.4 Å². The van der Waals surface area contributed by atoms with Crippen LogP contribution < -0.4 is 21.3 Å². The molecule has 0 aromatic rings. The number of hydrogen-bond acceptors (Lipinski definition) is 11. The van der Waals surface area contributed by atoms with Gasteiger partial charge in [-0.05, 0) is 133 Å². The average molecular weight is 722 g/mol. The molecule has 51 heavy (non-hydrogen) atoms. The Morgan fingerprint density at radius 1 is 0.627 bits per heavy atom. The van der Waals surface area contributed by atoms with Crippen molar-refractivity contribution in [2.45, 2.75) is 198 Å². The van der Waals surface area contributed by atoms with Crippen LogP contribution in [0.3, 0.4) is 0 Å². The van der Waals surface area contributed by atoms with Crippen molar-refractivity contribution in [1.82, 2.24) is 21.3 Å². The molecule has 4 N–H and O–H groups in total. The molecular formula is C39H71N5O7. The molecule has 6 fully saturated rings. The Bertz CT molecular complexity index is 977. The Labute approximate surface area is 308 Å². The van der Waals surface area contributed by atoms with Crippen molar-refractivity contribution < 1.29 is 33.4 Å². The van der Waals surface area contributed by atoms with E-state index in [1.165, 1.54) is 57.9 Å². The minimum absolute atomic E-state index is 0.318. The molecular weight excluding hydrogens is 650 g/mol. The molecule has 6 unspecified atom stereocenters. The summed E-state index contributed by atoms with van der Waals surface area (Å²) in [5, 5.41) is 13.8. The third-order valence-corrected chi connectivity index (χ3v) is 9.18. The fraction of sp³-hybridized carbons (Fsp3) is 0.872. The number of nitrogens with zero attached hydrogens (tertiary/aromatic N) is 1. The van der Waals surface area contributed by atoms with E-state index in [2.05, 4.69) is 47.4 Å². The highest BCUT2D eigenvalue weighted by Crippen LogP contribution is 2.30. The number of Topliss-reactive ketones (excluding diaryl/α,β-unsaturated/α-hetero) is 1. The van der Waals surface area contributed by atoms with Crippen molar-refractivity contribution in [2.24, 2.45) is 5.92 Å². The lowest BCUT2D eigenvalue weighted by Gasteiger charge is -2.28. The first kappa shape index (κ1) is 46.4. The summed E-state index contributed by atoms with van der Waals surface area (Å²) in [7, 11) is 2.06. The molecule has 294 valence electrons. The molecule has 6 atom stereocenters. The third-order valence-electron chi connectivity index (χ3n) is 9.18. The molecule has 0 radical (unpaired) electrons. The van der Waals surface area contributed by atoms with Crippen molar-refractivity contribution >= 4 is 25.2 Å². The van der Waals surface area contributed by atoms with Crippen molar-refractivity contribution in [2.75, 3.05) is 13.6 Å². The molecule has 0 saturated carbocycles. The minimum atomic E-state index is -0.318. The van der Waals surface area contributed by atoms with Gasteiger partial charge in [-0.3, -0.25) is 19.2 Å². The van der Waals surface area contributed by atoms with Gasteiger partial charge in [0.2, 0.25) is 6.04 Å². The Morgan fingerprint density at radius 3 is 1.22 bits per heavy atom. The fourth-order valence-corrected chi connectivity index (χ4v) is 7.05. The monoisotopic (exact) mass is 722 g/mol. The Balaban J connectivity index is 0.000000310. The number of ether oxygens (including phenoxy) is 3. The van der Waals surface area contributed by atoms with Gasteiger partial charge >= 0.3 is 0 Å². The Morgan fingerprint density at radius 2 is 0.941 bits per heavy atom. The van der Waals surface area contributed by atoms with Crippen LogP contribution in [0.5, 0.6) is 0 Å². The first-order chi connectivity index (χ1) is 23.8. The summed E-state index contributed by atoms with van der Waals surface area (Å²) in [5.41, 5.74) is -0.953. The molecule has 6 rings (SSSR count). The van der Waals surface area contributed by atoms with E-state index in [0.717, 1.165) is 43.7 Å². The van der Waals surface area contributed by atoms with Crippen LogP contribution in [-0.2, 0) is 33.4 Å². The highest BCUT2D eigenvalue weighted by molar-refractivity contribution is 5.80. The normalized spacial score (nSPS) is 29.8. The van der Waals surface area contributed by atoms with Gasteiger partial charge in [-0.2, -0.15) is 0 Å². The van der Waals surface area contributed by atoms with Gasteiger partial charge in [-0.1, -0.05) is 0 Å². The second kappa shape index (κ2) is 23.2. The van der Waals surface area contributed by atoms with Crippen molar-refractivity contribution in [3.05, 3.63) is 11.4 Å². The number of carbonyl (C=O) groups is 4. The van der Waals surface area contributed by atoms with Crippen LogP contribution in [0.4, 0.5) is 0 Å². The summed E-state index contributed by atoms with van der Waals surface area (Å²) in [6, 6.07) is 4.47. The maximum atomic E-state index is 10.9. The van der Waals surface area contributed by atoms with Gasteiger partial charge in [0.05, 0.1) is 0 Å². The quantitative estimate of drug-likeness (QED) is 0.167. The second-order valence-electron chi connectivity index (χ2n) is 17.5. The van der Waals surface area contributed by atoms with Crippen molar-refractivity contribution in [1.29, 1.82) is 0 Å². The summed E-state index contributed by atoms with van der Waals surface area (Å²) >= 11 is 0. The van der Waals surface area contributed by atoms with Gasteiger partial charge in [0.15, 0.2) is 0 Å². The fourth-order valence-electron chi connectivity index (χ4n) is 7.05. The van der Waals surface area contributed by atoms with E-state index in [4.69, 9.17) is 6.57 Å². The third kappa shape index (κ3) is 22.8. The maximum Gasteiger partial charge on any atom is 0.293 e. The zero-order valence-corrected chi connectivity index (χ0v) is 33.3. The number of piperidine rings is 3.